The summed E-state index contributed by atoms with van der Waals surface area (Å²) < 4.78 is 0. The van der Waals surface area contributed by atoms with E-state index in [2.05, 4.69) is 28.7 Å². The van der Waals surface area contributed by atoms with Crippen LogP contribution < -0.4 is 10.5 Å². The van der Waals surface area contributed by atoms with Crippen molar-refractivity contribution in [2.24, 2.45) is 11.8 Å². The molecule has 1 saturated heterocycles. The zero-order valence-corrected chi connectivity index (χ0v) is 10.9. The number of nitrogens with zero attached hydrogens (tertiary/aromatic N) is 2. The predicted octanol–water partition coefficient (Wildman–Crippen LogP) is 1.81. The second kappa shape index (κ2) is 4.90. The lowest BCUT2D eigenvalue weighted by Crippen LogP contribution is -2.40. The molecule has 0 spiro atoms. The van der Waals surface area contributed by atoms with Crippen LogP contribution >= 0.6 is 0 Å². The van der Waals surface area contributed by atoms with Gasteiger partial charge in [0.2, 0.25) is 5.95 Å². The van der Waals surface area contributed by atoms with Crippen LogP contribution in [-0.2, 0) is 6.42 Å². The van der Waals surface area contributed by atoms with Crippen LogP contribution in [0.1, 0.15) is 32.9 Å². The Bertz CT molecular complexity index is 431. The van der Waals surface area contributed by atoms with E-state index >= 15 is 0 Å². The number of hydrogen-bond donors (Lipinski definition) is 1. The standard InChI is InChI=1S/C13H21N3O/c1-4-11-6-12(17)15-13(14-11)16-7-9(2)5-10(3)8-16/h6,9-10H,4-5,7-8H2,1-3H3,(H,14,15,17). The number of H-pyrrole nitrogens is 1. The van der Waals surface area contributed by atoms with Crippen molar-refractivity contribution in [1.82, 2.24) is 9.97 Å². The molecule has 0 bridgehead atoms. The number of rotatable bonds is 2. The summed E-state index contributed by atoms with van der Waals surface area (Å²) in [4.78, 5) is 21.1. The molecule has 0 radical (unpaired) electrons. The molecule has 0 amide bonds. The van der Waals surface area contributed by atoms with Gasteiger partial charge in [-0.2, -0.15) is 0 Å². The molecular weight excluding hydrogens is 214 g/mol. The third-order valence-electron chi connectivity index (χ3n) is 3.31. The van der Waals surface area contributed by atoms with Crippen molar-refractivity contribution in [1.29, 1.82) is 0 Å². The summed E-state index contributed by atoms with van der Waals surface area (Å²) in [5.41, 5.74) is 0.826. The summed E-state index contributed by atoms with van der Waals surface area (Å²) in [5.74, 6) is 2.07. The second-order valence-electron chi connectivity index (χ2n) is 5.26. The summed E-state index contributed by atoms with van der Waals surface area (Å²) in [6, 6.07) is 1.58. The first-order chi connectivity index (χ1) is 8.08. The number of aromatic nitrogens is 2. The molecule has 1 aliphatic rings. The number of anilines is 1. The van der Waals surface area contributed by atoms with Gasteiger partial charge >= 0.3 is 0 Å². The zero-order valence-electron chi connectivity index (χ0n) is 10.9. The molecule has 2 unspecified atom stereocenters. The molecule has 4 heteroatoms. The highest BCUT2D eigenvalue weighted by atomic mass is 16.1. The van der Waals surface area contributed by atoms with Crippen LogP contribution in [0.15, 0.2) is 10.9 Å². The van der Waals surface area contributed by atoms with E-state index in [-0.39, 0.29) is 5.56 Å². The summed E-state index contributed by atoms with van der Waals surface area (Å²) in [6.07, 6.45) is 2.06. The van der Waals surface area contributed by atoms with Crippen molar-refractivity contribution >= 4 is 5.95 Å². The first-order valence-electron chi connectivity index (χ1n) is 6.43. The van der Waals surface area contributed by atoms with Gasteiger partial charge in [-0.05, 0) is 24.7 Å². The lowest BCUT2D eigenvalue weighted by Gasteiger charge is -2.35. The van der Waals surface area contributed by atoms with Gasteiger partial charge in [0.25, 0.3) is 5.56 Å². The molecule has 0 aliphatic carbocycles. The SMILES string of the molecule is CCc1cc(=O)[nH]c(N2CC(C)CC(C)C2)n1. The fraction of sp³-hybridized carbons (Fsp3) is 0.692. The van der Waals surface area contributed by atoms with Gasteiger partial charge in [-0.15, -0.1) is 0 Å². The largest absolute Gasteiger partial charge is 0.342 e. The fourth-order valence-electron chi connectivity index (χ4n) is 2.66. The van der Waals surface area contributed by atoms with E-state index in [1.165, 1.54) is 6.42 Å². The van der Waals surface area contributed by atoms with Crippen molar-refractivity contribution in [3.8, 4) is 0 Å². The van der Waals surface area contributed by atoms with Gasteiger partial charge in [0.05, 0.1) is 0 Å². The van der Waals surface area contributed by atoms with E-state index in [0.717, 1.165) is 31.2 Å². The average molecular weight is 235 g/mol. The Labute approximate surface area is 102 Å². The third-order valence-corrected chi connectivity index (χ3v) is 3.31. The molecule has 17 heavy (non-hydrogen) atoms. The van der Waals surface area contributed by atoms with Gasteiger partial charge < -0.3 is 4.90 Å². The van der Waals surface area contributed by atoms with Gasteiger partial charge in [0, 0.05) is 24.8 Å². The van der Waals surface area contributed by atoms with Gasteiger partial charge in [-0.3, -0.25) is 9.78 Å². The quantitative estimate of drug-likeness (QED) is 0.850. The van der Waals surface area contributed by atoms with E-state index in [9.17, 15) is 4.79 Å². The predicted molar refractivity (Wildman–Crippen MR) is 69.4 cm³/mol. The number of nitrogens with one attached hydrogen (secondary N) is 1. The summed E-state index contributed by atoms with van der Waals surface area (Å²) in [6.45, 7) is 8.50. The Hall–Kier alpha value is -1.32. The topological polar surface area (TPSA) is 49.0 Å². The smallest absolute Gasteiger partial charge is 0.252 e. The maximum atomic E-state index is 11.6. The van der Waals surface area contributed by atoms with E-state index in [4.69, 9.17) is 0 Å². The van der Waals surface area contributed by atoms with Gasteiger partial charge in [0.15, 0.2) is 0 Å². The number of aryl methyl sites for hydroxylation is 1. The van der Waals surface area contributed by atoms with Crippen LogP contribution in [0.25, 0.3) is 0 Å². The lowest BCUT2D eigenvalue weighted by atomic mass is 9.92. The molecular formula is C13H21N3O. The van der Waals surface area contributed by atoms with Crippen LogP contribution in [0.4, 0.5) is 5.95 Å². The Kier molecular flexibility index (Phi) is 3.50. The molecule has 94 valence electrons. The molecule has 1 aromatic heterocycles. The average Bonchev–Trinajstić information content (AvgIpc) is 2.26. The summed E-state index contributed by atoms with van der Waals surface area (Å²) >= 11 is 0. The van der Waals surface area contributed by atoms with Crippen molar-refractivity contribution in [2.45, 2.75) is 33.6 Å². The fourth-order valence-corrected chi connectivity index (χ4v) is 2.66. The molecule has 0 saturated carbocycles. The maximum absolute atomic E-state index is 11.6. The minimum atomic E-state index is -0.0438. The Balaban J connectivity index is 2.26. The van der Waals surface area contributed by atoms with Crippen LogP contribution in [0.3, 0.4) is 0 Å². The highest BCUT2D eigenvalue weighted by Gasteiger charge is 2.23. The number of piperidine rings is 1. The van der Waals surface area contributed by atoms with Gasteiger partial charge in [-0.1, -0.05) is 20.8 Å². The molecule has 2 atom stereocenters. The normalized spacial score (nSPS) is 25.0. The van der Waals surface area contributed by atoms with Gasteiger partial charge in [-0.25, -0.2) is 4.98 Å². The molecule has 1 aromatic rings. The minimum absolute atomic E-state index is 0.0438. The van der Waals surface area contributed by atoms with E-state index in [1.807, 2.05) is 6.92 Å². The van der Waals surface area contributed by atoms with Crippen LogP contribution in [0.5, 0.6) is 0 Å². The molecule has 1 aliphatic heterocycles. The van der Waals surface area contributed by atoms with Crippen LogP contribution in [0, 0.1) is 11.8 Å². The molecule has 2 heterocycles. The summed E-state index contributed by atoms with van der Waals surface area (Å²) in [5, 5.41) is 0. The number of hydrogen-bond acceptors (Lipinski definition) is 3. The molecule has 1 fully saturated rings. The lowest BCUT2D eigenvalue weighted by molar-refractivity contribution is 0.353. The zero-order chi connectivity index (χ0) is 12.4. The monoisotopic (exact) mass is 235 g/mol. The molecule has 2 rings (SSSR count). The Morgan fingerprint density at radius 2 is 2.06 bits per heavy atom. The van der Waals surface area contributed by atoms with E-state index in [0.29, 0.717) is 11.8 Å². The second-order valence-corrected chi connectivity index (χ2v) is 5.26. The first kappa shape index (κ1) is 12.1. The van der Waals surface area contributed by atoms with Crippen LogP contribution in [-0.4, -0.2) is 23.1 Å². The minimum Gasteiger partial charge on any atom is -0.342 e. The van der Waals surface area contributed by atoms with Gasteiger partial charge in [0.1, 0.15) is 0 Å². The summed E-state index contributed by atoms with van der Waals surface area (Å²) in [7, 11) is 0. The highest BCUT2D eigenvalue weighted by molar-refractivity contribution is 5.31. The Morgan fingerprint density at radius 3 is 2.65 bits per heavy atom. The molecule has 4 nitrogen and oxygen atoms in total. The van der Waals surface area contributed by atoms with Crippen LogP contribution in [0.2, 0.25) is 0 Å². The first-order valence-corrected chi connectivity index (χ1v) is 6.43. The molecule has 0 aromatic carbocycles. The highest BCUT2D eigenvalue weighted by Crippen LogP contribution is 2.23. The van der Waals surface area contributed by atoms with E-state index < -0.39 is 0 Å². The van der Waals surface area contributed by atoms with Crippen molar-refractivity contribution in [3.05, 3.63) is 22.1 Å². The maximum Gasteiger partial charge on any atom is 0.252 e. The third kappa shape index (κ3) is 2.87. The van der Waals surface area contributed by atoms with Crippen molar-refractivity contribution in [2.75, 3.05) is 18.0 Å². The number of aromatic amines is 1. The molecule has 1 N–H and O–H groups in total. The van der Waals surface area contributed by atoms with E-state index in [1.54, 1.807) is 6.07 Å². The van der Waals surface area contributed by atoms with Crippen molar-refractivity contribution in [3.63, 3.8) is 0 Å². The van der Waals surface area contributed by atoms with Crippen molar-refractivity contribution < 1.29 is 0 Å². The Morgan fingerprint density at radius 1 is 1.41 bits per heavy atom.